The topological polar surface area (TPSA) is 59.2 Å². The van der Waals surface area contributed by atoms with Crippen LogP contribution in [-0.2, 0) is 11.2 Å². The molecule has 1 aromatic heterocycles. The molecule has 1 atom stereocenters. The lowest BCUT2D eigenvalue weighted by molar-refractivity contribution is -0.127. The Kier molecular flexibility index (Phi) is 5.26. The number of aromatic nitrogens is 2. The van der Waals surface area contributed by atoms with E-state index in [1.807, 2.05) is 4.90 Å². The van der Waals surface area contributed by atoms with Crippen molar-refractivity contribution >= 4 is 21.8 Å². The van der Waals surface area contributed by atoms with Crippen molar-refractivity contribution in [2.24, 2.45) is 0 Å². The molecule has 0 aliphatic carbocycles. The van der Waals surface area contributed by atoms with Gasteiger partial charge in [-0.3, -0.25) is 4.79 Å². The van der Waals surface area contributed by atoms with Crippen molar-refractivity contribution in [3.05, 3.63) is 69.8 Å². The third-order valence-corrected chi connectivity index (χ3v) is 5.58. The number of aryl methyl sites for hydroxylation is 1. The van der Waals surface area contributed by atoms with Gasteiger partial charge in [0.15, 0.2) is 0 Å². The minimum absolute atomic E-state index is 0.0985. The Balaban J connectivity index is 1.41. The molecule has 0 N–H and O–H groups in total. The lowest BCUT2D eigenvalue weighted by atomic mass is 10.1. The lowest BCUT2D eigenvalue weighted by Crippen LogP contribution is -2.27. The smallest absolute Gasteiger partial charge is 0.232 e. The Morgan fingerprint density at radius 3 is 2.79 bits per heavy atom. The van der Waals surface area contributed by atoms with Gasteiger partial charge in [-0.2, -0.15) is 4.98 Å². The lowest BCUT2D eigenvalue weighted by Gasteiger charge is -2.15. The van der Waals surface area contributed by atoms with Gasteiger partial charge in [0.2, 0.25) is 17.6 Å². The summed E-state index contributed by atoms with van der Waals surface area (Å²) in [4.78, 5) is 18.7. The van der Waals surface area contributed by atoms with Crippen molar-refractivity contribution in [3.8, 4) is 11.4 Å². The number of likely N-dealkylation sites (tertiary alicyclic amines) is 1. The maximum Gasteiger partial charge on any atom is 0.232 e. The van der Waals surface area contributed by atoms with E-state index in [1.165, 1.54) is 17.2 Å². The molecule has 1 fully saturated rings. The number of amides is 1. The van der Waals surface area contributed by atoms with Crippen molar-refractivity contribution in [1.82, 2.24) is 15.0 Å². The molecule has 4 rings (SSSR count). The van der Waals surface area contributed by atoms with Gasteiger partial charge in [-0.15, -0.1) is 0 Å². The van der Waals surface area contributed by atoms with Crippen LogP contribution in [-0.4, -0.2) is 34.0 Å². The molecule has 1 unspecified atom stereocenters. The molecule has 144 valence electrons. The molecule has 1 aliphatic rings. The maximum atomic E-state index is 13.4. The van der Waals surface area contributed by atoms with Crippen LogP contribution in [0, 0.1) is 12.7 Å². The highest BCUT2D eigenvalue weighted by Gasteiger charge is 2.34. The van der Waals surface area contributed by atoms with Crippen LogP contribution in [0.25, 0.3) is 11.4 Å². The van der Waals surface area contributed by atoms with Gasteiger partial charge in [0.1, 0.15) is 5.82 Å². The summed E-state index contributed by atoms with van der Waals surface area (Å²) in [7, 11) is 0. The van der Waals surface area contributed by atoms with E-state index in [-0.39, 0.29) is 17.6 Å². The van der Waals surface area contributed by atoms with Crippen LogP contribution in [0.4, 0.5) is 4.39 Å². The zero-order chi connectivity index (χ0) is 19.7. The van der Waals surface area contributed by atoms with Gasteiger partial charge in [0.25, 0.3) is 0 Å². The second-order valence-electron chi connectivity index (χ2n) is 7.06. The second kappa shape index (κ2) is 7.83. The zero-order valence-corrected chi connectivity index (χ0v) is 16.9. The minimum Gasteiger partial charge on any atom is -0.342 e. The zero-order valence-electron chi connectivity index (χ0n) is 15.4. The Morgan fingerprint density at radius 2 is 2.04 bits per heavy atom. The standard InChI is InChI=1S/C21H19BrFN3O2/c1-13-2-4-14(5-3-13)8-9-26-12-16(11-19(26)27)21-24-20(25-28-21)15-6-7-18(23)17(22)10-15/h2-7,10,16H,8-9,11-12H2,1H3. The number of rotatable bonds is 5. The number of carbonyl (C=O) groups is 1. The Hall–Kier alpha value is -2.54. The van der Waals surface area contributed by atoms with Crippen LogP contribution in [0.15, 0.2) is 51.5 Å². The summed E-state index contributed by atoms with van der Waals surface area (Å²) in [5, 5.41) is 3.99. The van der Waals surface area contributed by atoms with E-state index in [2.05, 4.69) is 57.3 Å². The Morgan fingerprint density at radius 1 is 1.25 bits per heavy atom. The predicted molar refractivity (Wildman–Crippen MR) is 106 cm³/mol. The van der Waals surface area contributed by atoms with Gasteiger partial charge >= 0.3 is 0 Å². The summed E-state index contributed by atoms with van der Waals surface area (Å²) in [5.74, 6) is 0.470. The summed E-state index contributed by atoms with van der Waals surface area (Å²) in [6.07, 6.45) is 1.18. The van der Waals surface area contributed by atoms with Gasteiger partial charge in [0.05, 0.1) is 10.4 Å². The largest absolute Gasteiger partial charge is 0.342 e. The molecule has 1 aliphatic heterocycles. The molecule has 0 spiro atoms. The predicted octanol–water partition coefficient (Wildman–Crippen LogP) is 4.51. The van der Waals surface area contributed by atoms with E-state index in [0.717, 1.165) is 6.42 Å². The number of nitrogens with zero attached hydrogens (tertiary/aromatic N) is 3. The van der Waals surface area contributed by atoms with Crippen molar-refractivity contribution < 1.29 is 13.7 Å². The SMILES string of the molecule is Cc1ccc(CCN2CC(c3nc(-c4ccc(F)c(Br)c4)no3)CC2=O)cc1. The second-order valence-corrected chi connectivity index (χ2v) is 7.92. The van der Waals surface area contributed by atoms with E-state index < -0.39 is 0 Å². The van der Waals surface area contributed by atoms with Crippen molar-refractivity contribution in [3.63, 3.8) is 0 Å². The summed E-state index contributed by atoms with van der Waals surface area (Å²) in [6.45, 7) is 3.30. The monoisotopic (exact) mass is 443 g/mol. The molecule has 0 radical (unpaired) electrons. The number of carbonyl (C=O) groups excluding carboxylic acids is 1. The van der Waals surface area contributed by atoms with Crippen LogP contribution in [0.5, 0.6) is 0 Å². The van der Waals surface area contributed by atoms with Gasteiger partial charge < -0.3 is 9.42 Å². The summed E-state index contributed by atoms with van der Waals surface area (Å²) < 4.78 is 19.2. The van der Waals surface area contributed by atoms with E-state index in [9.17, 15) is 9.18 Å². The summed E-state index contributed by atoms with van der Waals surface area (Å²) in [6, 6.07) is 12.9. The average molecular weight is 444 g/mol. The highest BCUT2D eigenvalue weighted by atomic mass is 79.9. The van der Waals surface area contributed by atoms with Crippen LogP contribution >= 0.6 is 15.9 Å². The molecule has 28 heavy (non-hydrogen) atoms. The number of hydrogen-bond donors (Lipinski definition) is 0. The highest BCUT2D eigenvalue weighted by molar-refractivity contribution is 9.10. The molecule has 0 saturated carbocycles. The van der Waals surface area contributed by atoms with E-state index in [4.69, 9.17) is 4.52 Å². The molecule has 5 nitrogen and oxygen atoms in total. The van der Waals surface area contributed by atoms with Crippen molar-refractivity contribution in [1.29, 1.82) is 0 Å². The van der Waals surface area contributed by atoms with Crippen molar-refractivity contribution in [2.75, 3.05) is 13.1 Å². The molecule has 1 saturated heterocycles. The molecule has 0 bridgehead atoms. The van der Waals surface area contributed by atoms with E-state index in [1.54, 1.807) is 12.1 Å². The van der Waals surface area contributed by atoms with Gasteiger partial charge in [-0.25, -0.2) is 4.39 Å². The fourth-order valence-corrected chi connectivity index (χ4v) is 3.70. The fourth-order valence-electron chi connectivity index (χ4n) is 3.33. The van der Waals surface area contributed by atoms with Crippen LogP contribution in [0.3, 0.4) is 0 Å². The van der Waals surface area contributed by atoms with Crippen molar-refractivity contribution in [2.45, 2.75) is 25.7 Å². The number of halogens is 2. The first-order valence-electron chi connectivity index (χ1n) is 9.12. The molecule has 1 amide bonds. The van der Waals surface area contributed by atoms with E-state index in [0.29, 0.717) is 41.3 Å². The first-order valence-corrected chi connectivity index (χ1v) is 9.91. The summed E-state index contributed by atoms with van der Waals surface area (Å²) in [5.41, 5.74) is 3.09. The highest BCUT2D eigenvalue weighted by Crippen LogP contribution is 2.30. The maximum absolute atomic E-state index is 13.4. The molecule has 2 heterocycles. The molecular formula is C21H19BrFN3O2. The quantitative estimate of drug-likeness (QED) is 0.582. The number of benzene rings is 2. The van der Waals surface area contributed by atoms with Gasteiger partial charge in [0, 0.05) is 25.1 Å². The normalized spacial score (nSPS) is 16.8. The third-order valence-electron chi connectivity index (χ3n) is 4.97. The van der Waals surface area contributed by atoms with E-state index >= 15 is 0 Å². The fraction of sp³-hybridized carbons (Fsp3) is 0.286. The number of hydrogen-bond acceptors (Lipinski definition) is 4. The Labute approximate surface area is 170 Å². The van der Waals surface area contributed by atoms with Gasteiger partial charge in [-0.1, -0.05) is 35.0 Å². The molecular weight excluding hydrogens is 425 g/mol. The molecule has 2 aromatic carbocycles. The van der Waals surface area contributed by atoms with Crippen LogP contribution in [0.2, 0.25) is 0 Å². The summed E-state index contributed by atoms with van der Waals surface area (Å²) >= 11 is 3.16. The van der Waals surface area contributed by atoms with Crippen LogP contribution < -0.4 is 0 Å². The average Bonchev–Trinajstić information content (AvgIpc) is 3.31. The molecule has 3 aromatic rings. The first-order chi connectivity index (χ1) is 13.5. The minimum atomic E-state index is -0.349. The molecule has 7 heteroatoms. The third kappa shape index (κ3) is 3.99. The first kappa shape index (κ1) is 18.8. The Bertz CT molecular complexity index is 1000. The van der Waals surface area contributed by atoms with Crippen LogP contribution in [0.1, 0.15) is 29.4 Å². The van der Waals surface area contributed by atoms with Gasteiger partial charge in [-0.05, 0) is 53.0 Å².